The number of nitrogens with zero attached hydrogens (tertiary/aromatic N) is 1. The number of anilines is 1. The van der Waals surface area contributed by atoms with Crippen molar-refractivity contribution in [2.45, 2.75) is 13.5 Å². The second-order valence-electron chi connectivity index (χ2n) is 4.13. The summed E-state index contributed by atoms with van der Waals surface area (Å²) in [7, 11) is 3.75. The maximum Gasteiger partial charge on any atom is 0.239 e. The summed E-state index contributed by atoms with van der Waals surface area (Å²) >= 11 is 6.22. The molecule has 0 atom stereocenters. The second-order valence-corrected chi connectivity index (χ2v) is 4.53. The first-order chi connectivity index (χ1) is 8.58. The van der Waals surface area contributed by atoms with Crippen LogP contribution in [0.5, 0.6) is 0 Å². The lowest BCUT2D eigenvalue weighted by atomic mass is 10.2. The Balaban J connectivity index is 2.73. The van der Waals surface area contributed by atoms with Crippen LogP contribution in [0.4, 0.5) is 5.69 Å². The third kappa shape index (κ3) is 4.20. The molecule has 0 saturated carbocycles. The Bertz CT molecular complexity index is 409. The maximum atomic E-state index is 11.5. The molecule has 1 amide bonds. The Morgan fingerprint density at radius 3 is 2.72 bits per heavy atom. The van der Waals surface area contributed by atoms with E-state index in [1.165, 1.54) is 0 Å². The Hall–Kier alpha value is -1.26. The number of hydrogen-bond donors (Lipinski definition) is 2. The number of nitrogens with one attached hydrogen (secondary N) is 2. The predicted molar refractivity (Wildman–Crippen MR) is 76.2 cm³/mol. The molecular weight excluding hydrogens is 250 g/mol. The molecule has 1 aromatic carbocycles. The summed E-state index contributed by atoms with van der Waals surface area (Å²) in [4.78, 5) is 13.3. The molecule has 0 heterocycles. The highest BCUT2D eigenvalue weighted by atomic mass is 35.5. The van der Waals surface area contributed by atoms with Gasteiger partial charge in [-0.25, -0.2) is 0 Å². The molecule has 0 spiro atoms. The quantitative estimate of drug-likeness (QED) is 0.825. The average Bonchev–Trinajstić information content (AvgIpc) is 2.29. The van der Waals surface area contributed by atoms with Crippen LogP contribution in [-0.2, 0) is 11.3 Å². The van der Waals surface area contributed by atoms with Gasteiger partial charge in [-0.05, 0) is 31.7 Å². The van der Waals surface area contributed by atoms with Crippen LogP contribution >= 0.6 is 11.6 Å². The molecule has 2 N–H and O–H groups in total. The predicted octanol–water partition coefficient (Wildman–Crippen LogP) is 1.63. The molecule has 1 rings (SSSR count). The summed E-state index contributed by atoms with van der Waals surface area (Å²) in [6, 6.07) is 5.86. The normalized spacial score (nSPS) is 10.2. The van der Waals surface area contributed by atoms with E-state index in [4.69, 9.17) is 11.6 Å². The van der Waals surface area contributed by atoms with E-state index >= 15 is 0 Å². The van der Waals surface area contributed by atoms with E-state index in [0.29, 0.717) is 18.1 Å². The number of halogens is 1. The van der Waals surface area contributed by atoms with Crippen LogP contribution in [0.15, 0.2) is 18.2 Å². The highest BCUT2D eigenvalue weighted by Gasteiger charge is 2.10. The summed E-state index contributed by atoms with van der Waals surface area (Å²) in [5, 5.41) is 6.50. The number of rotatable bonds is 6. The minimum atomic E-state index is -0.00429. The second kappa shape index (κ2) is 7.24. The molecule has 0 unspecified atom stereocenters. The van der Waals surface area contributed by atoms with Crippen molar-refractivity contribution in [3.05, 3.63) is 28.8 Å². The summed E-state index contributed by atoms with van der Waals surface area (Å²) < 4.78 is 0. The smallest absolute Gasteiger partial charge is 0.239 e. The molecule has 0 aliphatic heterocycles. The van der Waals surface area contributed by atoms with Gasteiger partial charge < -0.3 is 15.5 Å². The number of hydrogen-bond acceptors (Lipinski definition) is 3. The van der Waals surface area contributed by atoms with Gasteiger partial charge in [0.2, 0.25) is 5.91 Å². The fraction of sp³-hybridized carbons (Fsp3) is 0.462. The van der Waals surface area contributed by atoms with E-state index < -0.39 is 0 Å². The number of likely N-dealkylation sites (N-methyl/N-ethyl adjacent to an activating group) is 2. The van der Waals surface area contributed by atoms with E-state index in [1.807, 2.05) is 44.1 Å². The lowest BCUT2D eigenvalue weighted by Gasteiger charge is -2.20. The van der Waals surface area contributed by atoms with Crippen LogP contribution in [-0.4, -0.2) is 33.1 Å². The van der Waals surface area contributed by atoms with Gasteiger partial charge in [0.1, 0.15) is 0 Å². The average molecular weight is 270 g/mol. The molecule has 0 aliphatic rings. The highest BCUT2D eigenvalue weighted by Crippen LogP contribution is 2.25. The summed E-state index contributed by atoms with van der Waals surface area (Å²) in [5.74, 6) is -0.00429. The van der Waals surface area contributed by atoms with Gasteiger partial charge in [-0.1, -0.05) is 17.7 Å². The van der Waals surface area contributed by atoms with E-state index in [2.05, 4.69) is 10.6 Å². The van der Waals surface area contributed by atoms with Gasteiger partial charge in [-0.15, -0.1) is 0 Å². The zero-order valence-corrected chi connectivity index (χ0v) is 11.8. The molecule has 0 fully saturated rings. The van der Waals surface area contributed by atoms with Gasteiger partial charge in [0.15, 0.2) is 0 Å². The van der Waals surface area contributed by atoms with Crippen LogP contribution in [0.2, 0.25) is 5.02 Å². The van der Waals surface area contributed by atoms with Gasteiger partial charge >= 0.3 is 0 Å². The molecule has 0 radical (unpaired) electrons. The topological polar surface area (TPSA) is 44.4 Å². The van der Waals surface area contributed by atoms with E-state index in [-0.39, 0.29) is 5.91 Å². The van der Waals surface area contributed by atoms with Crippen molar-refractivity contribution < 1.29 is 4.79 Å². The van der Waals surface area contributed by atoms with Crippen molar-refractivity contribution in [2.75, 3.05) is 32.1 Å². The van der Waals surface area contributed by atoms with E-state index in [0.717, 1.165) is 17.8 Å². The van der Waals surface area contributed by atoms with Gasteiger partial charge in [-0.3, -0.25) is 4.79 Å². The van der Waals surface area contributed by atoms with Crippen LogP contribution in [0.25, 0.3) is 0 Å². The standard InChI is InChI=1S/C13H20ClN3O/c1-4-16-13(18)9-17(3)12-6-5-10(8-15-2)7-11(12)14/h5-7,15H,4,8-9H2,1-3H3,(H,16,18). The third-order valence-corrected chi connectivity index (χ3v) is 2.86. The number of amides is 1. The molecular formula is C13H20ClN3O. The minimum absolute atomic E-state index is 0.00429. The Labute approximate surface area is 113 Å². The van der Waals surface area contributed by atoms with Crippen LogP contribution in [0, 0.1) is 0 Å². The molecule has 100 valence electrons. The van der Waals surface area contributed by atoms with Gasteiger partial charge in [-0.2, -0.15) is 0 Å². The highest BCUT2D eigenvalue weighted by molar-refractivity contribution is 6.33. The van der Waals surface area contributed by atoms with Crippen LogP contribution in [0.1, 0.15) is 12.5 Å². The van der Waals surface area contributed by atoms with Gasteiger partial charge in [0.25, 0.3) is 0 Å². The fourth-order valence-corrected chi connectivity index (χ4v) is 2.08. The number of carbonyl (C=O) groups is 1. The number of carbonyl (C=O) groups excluding carboxylic acids is 1. The zero-order valence-electron chi connectivity index (χ0n) is 11.1. The van der Waals surface area contributed by atoms with Crippen molar-refractivity contribution in [2.24, 2.45) is 0 Å². The SMILES string of the molecule is CCNC(=O)CN(C)c1ccc(CNC)cc1Cl. The van der Waals surface area contributed by atoms with Crippen LogP contribution in [0.3, 0.4) is 0 Å². The molecule has 18 heavy (non-hydrogen) atoms. The fourth-order valence-electron chi connectivity index (χ4n) is 1.73. The van der Waals surface area contributed by atoms with Crippen molar-refractivity contribution in [3.8, 4) is 0 Å². The Morgan fingerprint density at radius 1 is 1.44 bits per heavy atom. The molecule has 1 aromatic rings. The molecule has 5 heteroatoms. The lowest BCUT2D eigenvalue weighted by molar-refractivity contribution is -0.119. The van der Waals surface area contributed by atoms with Crippen molar-refractivity contribution in [3.63, 3.8) is 0 Å². The Morgan fingerprint density at radius 2 is 2.17 bits per heavy atom. The zero-order chi connectivity index (χ0) is 13.5. The monoisotopic (exact) mass is 269 g/mol. The largest absolute Gasteiger partial charge is 0.364 e. The molecule has 4 nitrogen and oxygen atoms in total. The van der Waals surface area contributed by atoms with E-state index in [9.17, 15) is 4.79 Å². The molecule has 0 aliphatic carbocycles. The summed E-state index contributed by atoms with van der Waals surface area (Å²) in [5.41, 5.74) is 1.99. The van der Waals surface area contributed by atoms with Crippen molar-refractivity contribution in [1.29, 1.82) is 0 Å². The maximum absolute atomic E-state index is 11.5. The molecule has 0 aromatic heterocycles. The first kappa shape index (κ1) is 14.8. The Kier molecular flexibility index (Phi) is 5.95. The van der Waals surface area contributed by atoms with E-state index in [1.54, 1.807) is 0 Å². The molecule has 0 bridgehead atoms. The van der Waals surface area contributed by atoms with Crippen LogP contribution < -0.4 is 15.5 Å². The first-order valence-electron chi connectivity index (χ1n) is 5.99. The minimum Gasteiger partial charge on any atom is -0.364 e. The van der Waals surface area contributed by atoms with Gasteiger partial charge in [0.05, 0.1) is 17.3 Å². The number of benzene rings is 1. The van der Waals surface area contributed by atoms with Crippen molar-refractivity contribution in [1.82, 2.24) is 10.6 Å². The first-order valence-corrected chi connectivity index (χ1v) is 6.37. The third-order valence-electron chi connectivity index (χ3n) is 2.56. The summed E-state index contributed by atoms with van der Waals surface area (Å²) in [6.45, 7) is 3.62. The lowest BCUT2D eigenvalue weighted by Crippen LogP contribution is -2.35. The van der Waals surface area contributed by atoms with Crippen molar-refractivity contribution >= 4 is 23.2 Å². The van der Waals surface area contributed by atoms with Gasteiger partial charge in [0, 0.05) is 20.1 Å². The summed E-state index contributed by atoms with van der Waals surface area (Å²) in [6.07, 6.45) is 0. The molecule has 0 saturated heterocycles.